The van der Waals surface area contributed by atoms with Crippen LogP contribution in [0.25, 0.3) is 0 Å². The molecule has 0 saturated heterocycles. The number of hydrogen-bond donors (Lipinski definition) is 0. The molecule has 2 atom stereocenters. The van der Waals surface area contributed by atoms with Gasteiger partial charge in [0.15, 0.2) is 0 Å². The van der Waals surface area contributed by atoms with Gasteiger partial charge in [-0.3, -0.25) is 9.67 Å². The molecule has 7 heteroatoms. The van der Waals surface area contributed by atoms with Gasteiger partial charge in [0.2, 0.25) is 0 Å². The summed E-state index contributed by atoms with van der Waals surface area (Å²) in [5.41, 5.74) is 4.02. The summed E-state index contributed by atoms with van der Waals surface area (Å²) >= 11 is 0. The van der Waals surface area contributed by atoms with Gasteiger partial charge in [0.1, 0.15) is 11.5 Å². The first-order valence-corrected chi connectivity index (χ1v) is 10.8. The number of aliphatic imine (C=N–C) groups is 2. The second-order valence-electron chi connectivity index (χ2n) is 8.53. The van der Waals surface area contributed by atoms with E-state index in [4.69, 9.17) is 19.5 Å². The van der Waals surface area contributed by atoms with Crippen LogP contribution in [-0.2, 0) is 16.5 Å². The Hall–Kier alpha value is -3.09. The Balaban J connectivity index is 1.64. The third-order valence-corrected chi connectivity index (χ3v) is 5.68. The zero-order valence-electron chi connectivity index (χ0n) is 18.9. The average Bonchev–Trinajstić information content (AvgIpc) is 3.22. The topological polar surface area (TPSA) is 64.2 Å². The molecule has 4 rings (SSSR count). The number of fused-ring (bicyclic) bond motifs is 1. The summed E-state index contributed by atoms with van der Waals surface area (Å²) in [4.78, 5) is 12.1. The molecule has 3 aliphatic rings. The Labute approximate surface area is 184 Å². The van der Waals surface area contributed by atoms with Gasteiger partial charge < -0.3 is 14.4 Å². The van der Waals surface area contributed by atoms with Crippen molar-refractivity contribution in [1.82, 2.24) is 14.7 Å². The van der Waals surface area contributed by atoms with Crippen LogP contribution in [0.2, 0.25) is 0 Å². The lowest BCUT2D eigenvalue weighted by Gasteiger charge is -2.37. The first kappa shape index (κ1) is 21.2. The van der Waals surface area contributed by atoms with Gasteiger partial charge in [-0.2, -0.15) is 5.10 Å². The molecule has 1 aromatic rings. The highest BCUT2D eigenvalue weighted by molar-refractivity contribution is 6.38. The molecule has 1 aromatic heterocycles. The molecule has 2 aliphatic carbocycles. The first-order chi connectivity index (χ1) is 15.0. The van der Waals surface area contributed by atoms with Crippen LogP contribution in [-0.4, -0.2) is 59.5 Å². The van der Waals surface area contributed by atoms with E-state index in [9.17, 15) is 0 Å². The molecular weight excluding hydrogens is 390 g/mol. The zero-order valence-corrected chi connectivity index (χ0v) is 18.9. The summed E-state index contributed by atoms with van der Waals surface area (Å²) in [6, 6.07) is 0.238. The van der Waals surface area contributed by atoms with Crippen molar-refractivity contribution in [3.05, 3.63) is 65.2 Å². The van der Waals surface area contributed by atoms with Crippen LogP contribution >= 0.6 is 0 Å². The van der Waals surface area contributed by atoms with Gasteiger partial charge in [-0.15, -0.1) is 0 Å². The maximum absolute atomic E-state index is 5.58. The summed E-state index contributed by atoms with van der Waals surface area (Å²) in [5.74, 6) is 2.27. The summed E-state index contributed by atoms with van der Waals surface area (Å²) in [5, 5.41) is 4.26. The molecule has 0 saturated carbocycles. The van der Waals surface area contributed by atoms with E-state index >= 15 is 0 Å². The Kier molecular flexibility index (Phi) is 6.11. The van der Waals surface area contributed by atoms with E-state index in [-0.39, 0.29) is 12.1 Å². The fourth-order valence-corrected chi connectivity index (χ4v) is 4.14. The van der Waals surface area contributed by atoms with Crippen LogP contribution in [0.15, 0.2) is 69.6 Å². The quantitative estimate of drug-likeness (QED) is 0.675. The molecular formula is C24H31N5O2. The molecule has 0 radical (unpaired) electrons. The van der Waals surface area contributed by atoms with Gasteiger partial charge in [-0.25, -0.2) is 4.99 Å². The Morgan fingerprint density at radius 3 is 2.74 bits per heavy atom. The normalized spacial score (nSPS) is 22.7. The minimum Gasteiger partial charge on any atom is -0.501 e. The van der Waals surface area contributed by atoms with Crippen molar-refractivity contribution >= 4 is 11.9 Å². The molecule has 7 nitrogen and oxygen atoms in total. The second-order valence-corrected chi connectivity index (χ2v) is 8.53. The highest BCUT2D eigenvalue weighted by Gasteiger charge is 2.28. The second kappa shape index (κ2) is 8.96. The van der Waals surface area contributed by atoms with E-state index in [1.807, 2.05) is 31.7 Å². The minimum absolute atomic E-state index is 0.0796. The number of aryl methyl sites for hydroxylation is 1. The minimum atomic E-state index is 0.0796. The monoisotopic (exact) mass is 421 g/mol. The SMILES string of the molecule is COC1=CC(N(CC(C)C)C2=CCC3N=CC(c4cnn(C)c4)=NC3=C2)CC(OC)=C1. The van der Waals surface area contributed by atoms with Crippen molar-refractivity contribution in [2.75, 3.05) is 20.8 Å². The summed E-state index contributed by atoms with van der Waals surface area (Å²) in [7, 11) is 5.33. The predicted molar refractivity (Wildman–Crippen MR) is 123 cm³/mol. The predicted octanol–water partition coefficient (Wildman–Crippen LogP) is 3.62. The van der Waals surface area contributed by atoms with Crippen molar-refractivity contribution in [2.45, 2.75) is 38.8 Å². The van der Waals surface area contributed by atoms with Crippen molar-refractivity contribution < 1.29 is 9.47 Å². The smallest absolute Gasteiger partial charge is 0.120 e. The van der Waals surface area contributed by atoms with E-state index in [1.165, 1.54) is 5.70 Å². The van der Waals surface area contributed by atoms with Crippen LogP contribution in [0.3, 0.4) is 0 Å². The molecule has 0 spiro atoms. The van der Waals surface area contributed by atoms with E-state index in [0.717, 1.165) is 47.9 Å². The number of rotatable bonds is 7. The molecule has 31 heavy (non-hydrogen) atoms. The number of methoxy groups -OCH3 is 2. The number of ether oxygens (including phenoxy) is 2. The largest absolute Gasteiger partial charge is 0.501 e. The lowest BCUT2D eigenvalue weighted by atomic mass is 9.97. The molecule has 0 bridgehead atoms. The Bertz CT molecular complexity index is 1010. The number of aromatic nitrogens is 2. The van der Waals surface area contributed by atoms with Crippen molar-refractivity contribution in [2.24, 2.45) is 23.0 Å². The number of nitrogens with zero attached hydrogens (tertiary/aromatic N) is 5. The summed E-state index contributed by atoms with van der Waals surface area (Å²) in [6.07, 6.45) is 15.9. The molecule has 0 fully saturated rings. The number of hydrogen-bond acceptors (Lipinski definition) is 6. The third-order valence-electron chi connectivity index (χ3n) is 5.68. The Morgan fingerprint density at radius 2 is 2.06 bits per heavy atom. The van der Waals surface area contributed by atoms with Gasteiger partial charge in [-0.1, -0.05) is 19.9 Å². The van der Waals surface area contributed by atoms with Crippen molar-refractivity contribution in [3.8, 4) is 0 Å². The highest BCUT2D eigenvalue weighted by Crippen LogP contribution is 2.31. The summed E-state index contributed by atoms with van der Waals surface area (Å²) < 4.78 is 12.9. The average molecular weight is 422 g/mol. The molecule has 2 heterocycles. The maximum Gasteiger partial charge on any atom is 0.120 e. The molecule has 2 unspecified atom stereocenters. The first-order valence-electron chi connectivity index (χ1n) is 10.8. The van der Waals surface area contributed by atoms with Crippen LogP contribution in [0.5, 0.6) is 0 Å². The van der Waals surface area contributed by atoms with Crippen molar-refractivity contribution in [1.29, 1.82) is 0 Å². The lowest BCUT2D eigenvalue weighted by molar-refractivity contribution is 0.201. The third kappa shape index (κ3) is 4.65. The van der Waals surface area contributed by atoms with Gasteiger partial charge >= 0.3 is 0 Å². The van der Waals surface area contributed by atoms with Crippen LogP contribution in [0, 0.1) is 5.92 Å². The van der Waals surface area contributed by atoms with Crippen LogP contribution < -0.4 is 0 Å². The standard InChI is InChI=1S/C24H31N5O2/c1-16(2)14-29(19-8-20(30-4)11-21(9-19)31-5)18-6-7-22-23(10-18)27-24(13-25-22)17-12-26-28(3)15-17/h6,8,10-13,15-16,19,22H,7,9,14H2,1-5H3. The van der Waals surface area contributed by atoms with Crippen LogP contribution in [0.4, 0.5) is 0 Å². The number of allylic oxidation sites excluding steroid dienone is 2. The molecule has 0 aromatic carbocycles. The highest BCUT2D eigenvalue weighted by atomic mass is 16.5. The molecule has 1 aliphatic heterocycles. The van der Waals surface area contributed by atoms with Gasteiger partial charge in [0.05, 0.1) is 43.9 Å². The maximum atomic E-state index is 5.58. The van der Waals surface area contributed by atoms with Crippen LogP contribution in [0.1, 0.15) is 32.3 Å². The Morgan fingerprint density at radius 1 is 1.23 bits per heavy atom. The van der Waals surface area contributed by atoms with E-state index in [1.54, 1.807) is 18.9 Å². The van der Waals surface area contributed by atoms with E-state index in [2.05, 4.69) is 42.1 Å². The van der Waals surface area contributed by atoms with E-state index < -0.39 is 0 Å². The van der Waals surface area contributed by atoms with Gasteiger partial charge in [0.25, 0.3) is 0 Å². The molecule has 0 N–H and O–H groups in total. The fourth-order valence-electron chi connectivity index (χ4n) is 4.14. The molecule has 164 valence electrons. The lowest BCUT2D eigenvalue weighted by Crippen LogP contribution is -2.38. The molecule has 0 amide bonds. The van der Waals surface area contributed by atoms with Gasteiger partial charge in [0, 0.05) is 49.8 Å². The zero-order chi connectivity index (χ0) is 22.0. The van der Waals surface area contributed by atoms with Gasteiger partial charge in [-0.05, 0) is 24.5 Å². The summed E-state index contributed by atoms with van der Waals surface area (Å²) in [6.45, 7) is 5.41. The van der Waals surface area contributed by atoms with E-state index in [0.29, 0.717) is 5.92 Å². The van der Waals surface area contributed by atoms with Crippen molar-refractivity contribution in [3.63, 3.8) is 0 Å². The fraction of sp³-hybridized carbons (Fsp3) is 0.458.